The van der Waals surface area contributed by atoms with Gasteiger partial charge in [-0.05, 0) is 43.4 Å². The number of hydrogen-bond acceptors (Lipinski definition) is 3. The maximum atomic E-state index is 5.48. The number of rotatable bonds is 5. The average Bonchev–Trinajstić information content (AvgIpc) is 2.55. The Morgan fingerprint density at radius 2 is 2.05 bits per heavy atom. The fraction of sp³-hybridized carbons (Fsp3) is 0.500. The number of hydrogen-bond donors (Lipinski definition) is 1. The van der Waals surface area contributed by atoms with Gasteiger partial charge in [-0.15, -0.1) is 0 Å². The van der Waals surface area contributed by atoms with Gasteiger partial charge in [0.2, 0.25) is 0 Å². The van der Waals surface area contributed by atoms with E-state index >= 15 is 0 Å². The molecule has 0 bridgehead atoms. The first-order chi connectivity index (χ1) is 10.4. The van der Waals surface area contributed by atoms with Crippen molar-refractivity contribution in [2.24, 2.45) is 5.92 Å². The fourth-order valence-electron chi connectivity index (χ4n) is 3.29. The maximum absolute atomic E-state index is 5.48. The van der Waals surface area contributed by atoms with Crippen molar-refractivity contribution in [3.63, 3.8) is 0 Å². The third kappa shape index (κ3) is 3.42. The number of nitrogens with one attached hydrogen (secondary N) is 1. The van der Waals surface area contributed by atoms with Gasteiger partial charge in [-0.3, -0.25) is 4.98 Å². The van der Waals surface area contributed by atoms with Gasteiger partial charge in [0.25, 0.3) is 0 Å². The molecule has 2 heterocycles. The first kappa shape index (κ1) is 14.5. The Morgan fingerprint density at radius 3 is 2.86 bits per heavy atom. The number of fused-ring (bicyclic) bond motifs is 1. The minimum absolute atomic E-state index is 0.386. The van der Waals surface area contributed by atoms with E-state index in [0.717, 1.165) is 31.2 Å². The highest BCUT2D eigenvalue weighted by atomic mass is 16.5. The topological polar surface area (TPSA) is 34.1 Å². The number of para-hydroxylation sites is 1. The minimum Gasteiger partial charge on any atom is -0.381 e. The van der Waals surface area contributed by atoms with E-state index in [2.05, 4.69) is 41.5 Å². The van der Waals surface area contributed by atoms with Crippen LogP contribution < -0.4 is 5.32 Å². The van der Waals surface area contributed by atoms with Crippen molar-refractivity contribution in [1.82, 2.24) is 10.3 Å². The molecule has 0 radical (unpaired) electrons. The first-order valence-electron chi connectivity index (χ1n) is 8.03. The molecule has 0 amide bonds. The molecule has 0 aliphatic carbocycles. The molecule has 1 saturated heterocycles. The Hall–Kier alpha value is -1.45. The molecular weight excluding hydrogens is 260 g/mol. The summed E-state index contributed by atoms with van der Waals surface area (Å²) in [5.74, 6) is 0.752. The molecule has 3 heteroatoms. The number of nitrogens with zero attached hydrogens (tertiary/aromatic N) is 1. The molecule has 0 spiro atoms. The van der Waals surface area contributed by atoms with Crippen molar-refractivity contribution in [2.45, 2.75) is 32.2 Å². The van der Waals surface area contributed by atoms with Crippen molar-refractivity contribution >= 4 is 10.9 Å². The van der Waals surface area contributed by atoms with Gasteiger partial charge in [0, 0.05) is 30.8 Å². The second kappa shape index (κ2) is 7.01. The maximum Gasteiger partial charge on any atom is 0.0749 e. The third-order valence-electron chi connectivity index (χ3n) is 4.40. The molecule has 1 N–H and O–H groups in total. The van der Waals surface area contributed by atoms with Crippen LogP contribution in [0.1, 0.15) is 37.8 Å². The summed E-state index contributed by atoms with van der Waals surface area (Å²) < 4.78 is 5.48. The number of benzene rings is 1. The van der Waals surface area contributed by atoms with Gasteiger partial charge >= 0.3 is 0 Å². The van der Waals surface area contributed by atoms with Gasteiger partial charge in [-0.2, -0.15) is 0 Å². The van der Waals surface area contributed by atoms with E-state index in [1.54, 1.807) is 0 Å². The van der Waals surface area contributed by atoms with Crippen LogP contribution in [0.2, 0.25) is 0 Å². The van der Waals surface area contributed by atoms with E-state index in [1.165, 1.54) is 30.2 Å². The molecule has 112 valence electrons. The zero-order chi connectivity index (χ0) is 14.5. The zero-order valence-electron chi connectivity index (χ0n) is 12.7. The Morgan fingerprint density at radius 1 is 1.24 bits per heavy atom. The van der Waals surface area contributed by atoms with Crippen LogP contribution in [0, 0.1) is 5.92 Å². The molecule has 3 rings (SSSR count). The predicted molar refractivity (Wildman–Crippen MR) is 86.3 cm³/mol. The molecule has 1 aliphatic heterocycles. The van der Waals surface area contributed by atoms with Crippen LogP contribution in [0.3, 0.4) is 0 Å². The third-order valence-corrected chi connectivity index (χ3v) is 4.40. The molecule has 1 fully saturated rings. The second-order valence-corrected chi connectivity index (χ2v) is 5.82. The molecule has 1 aliphatic rings. The summed E-state index contributed by atoms with van der Waals surface area (Å²) in [5.41, 5.74) is 2.47. The number of pyridine rings is 1. The molecule has 2 aromatic rings. The van der Waals surface area contributed by atoms with E-state index in [1.807, 2.05) is 12.3 Å². The van der Waals surface area contributed by atoms with Crippen LogP contribution in [0.25, 0.3) is 10.9 Å². The van der Waals surface area contributed by atoms with Crippen LogP contribution in [-0.4, -0.2) is 24.7 Å². The Kier molecular flexibility index (Phi) is 4.84. The standard InChI is InChI=1S/C18H24N2O/c1-2-19-17(13-14-8-11-21-12-9-14)16-7-3-5-15-6-4-10-20-18(15)16/h3-7,10,14,17,19H,2,8-9,11-13H2,1H3. The monoisotopic (exact) mass is 284 g/mol. The normalized spacial score (nSPS) is 18.0. The summed E-state index contributed by atoms with van der Waals surface area (Å²) in [6, 6.07) is 11.0. The van der Waals surface area contributed by atoms with Crippen LogP contribution in [0.5, 0.6) is 0 Å². The van der Waals surface area contributed by atoms with Crippen molar-refractivity contribution in [3.05, 3.63) is 42.1 Å². The highest BCUT2D eigenvalue weighted by Gasteiger charge is 2.21. The molecule has 21 heavy (non-hydrogen) atoms. The fourth-order valence-corrected chi connectivity index (χ4v) is 3.29. The Bertz CT molecular complexity index is 573. The Balaban J connectivity index is 1.87. The van der Waals surface area contributed by atoms with Crippen LogP contribution in [0.15, 0.2) is 36.5 Å². The molecular formula is C18H24N2O. The van der Waals surface area contributed by atoms with Gasteiger partial charge in [0.05, 0.1) is 5.52 Å². The van der Waals surface area contributed by atoms with E-state index < -0.39 is 0 Å². The van der Waals surface area contributed by atoms with Crippen molar-refractivity contribution in [1.29, 1.82) is 0 Å². The molecule has 1 aromatic carbocycles. The smallest absolute Gasteiger partial charge is 0.0749 e. The van der Waals surface area contributed by atoms with Crippen LogP contribution in [0.4, 0.5) is 0 Å². The summed E-state index contributed by atoms with van der Waals surface area (Å²) in [4.78, 5) is 4.61. The van der Waals surface area contributed by atoms with Gasteiger partial charge in [-0.25, -0.2) is 0 Å². The largest absolute Gasteiger partial charge is 0.381 e. The summed E-state index contributed by atoms with van der Waals surface area (Å²) in [5, 5.41) is 4.88. The van der Waals surface area contributed by atoms with E-state index in [4.69, 9.17) is 4.74 Å². The summed E-state index contributed by atoms with van der Waals surface area (Å²) >= 11 is 0. The lowest BCUT2D eigenvalue weighted by Gasteiger charge is -2.28. The van der Waals surface area contributed by atoms with Gasteiger partial charge < -0.3 is 10.1 Å². The van der Waals surface area contributed by atoms with Gasteiger partial charge in [0.1, 0.15) is 0 Å². The molecule has 1 atom stereocenters. The zero-order valence-corrected chi connectivity index (χ0v) is 12.7. The lowest BCUT2D eigenvalue weighted by molar-refractivity contribution is 0.0606. The predicted octanol–water partition coefficient (Wildman–Crippen LogP) is 3.70. The highest BCUT2D eigenvalue weighted by Crippen LogP contribution is 2.30. The molecule has 1 unspecified atom stereocenters. The highest BCUT2D eigenvalue weighted by molar-refractivity contribution is 5.82. The average molecular weight is 284 g/mol. The second-order valence-electron chi connectivity index (χ2n) is 5.82. The van der Waals surface area contributed by atoms with E-state index in [9.17, 15) is 0 Å². The van der Waals surface area contributed by atoms with Crippen molar-refractivity contribution < 1.29 is 4.74 Å². The molecule has 1 aromatic heterocycles. The molecule has 3 nitrogen and oxygen atoms in total. The minimum atomic E-state index is 0.386. The van der Waals surface area contributed by atoms with Crippen molar-refractivity contribution in [2.75, 3.05) is 19.8 Å². The lowest BCUT2D eigenvalue weighted by Crippen LogP contribution is -2.26. The van der Waals surface area contributed by atoms with E-state index in [0.29, 0.717) is 6.04 Å². The quantitative estimate of drug-likeness (QED) is 0.909. The SMILES string of the molecule is CCNC(CC1CCOCC1)c1cccc2cccnc12. The summed E-state index contributed by atoms with van der Waals surface area (Å²) in [6.45, 7) is 4.99. The molecule has 0 saturated carbocycles. The first-order valence-corrected chi connectivity index (χ1v) is 8.03. The van der Waals surface area contributed by atoms with E-state index in [-0.39, 0.29) is 0 Å². The van der Waals surface area contributed by atoms with Crippen molar-refractivity contribution in [3.8, 4) is 0 Å². The van der Waals surface area contributed by atoms with Gasteiger partial charge in [0.15, 0.2) is 0 Å². The van der Waals surface area contributed by atoms with Crippen LogP contribution >= 0.6 is 0 Å². The number of aromatic nitrogens is 1. The summed E-state index contributed by atoms with van der Waals surface area (Å²) in [6.07, 6.45) is 5.43. The summed E-state index contributed by atoms with van der Waals surface area (Å²) in [7, 11) is 0. The van der Waals surface area contributed by atoms with Crippen LogP contribution in [-0.2, 0) is 4.74 Å². The number of ether oxygens (including phenoxy) is 1. The lowest BCUT2D eigenvalue weighted by atomic mass is 9.88. The Labute approximate surface area is 126 Å². The van der Waals surface area contributed by atoms with Gasteiger partial charge in [-0.1, -0.05) is 31.2 Å².